The van der Waals surface area contributed by atoms with E-state index in [1.54, 1.807) is 20.8 Å². The van der Waals surface area contributed by atoms with Crippen molar-refractivity contribution >= 4 is 41.4 Å². The Labute approximate surface area is 252 Å². The van der Waals surface area contributed by atoms with Gasteiger partial charge in [0.25, 0.3) is 0 Å². The predicted octanol–water partition coefficient (Wildman–Crippen LogP) is 3.52. The zero-order valence-electron chi connectivity index (χ0n) is 25.3. The summed E-state index contributed by atoms with van der Waals surface area (Å²) >= 11 is 1.13. The summed E-state index contributed by atoms with van der Waals surface area (Å²) in [6.07, 6.45) is 0.436. The van der Waals surface area contributed by atoms with Gasteiger partial charge < -0.3 is 25.4 Å². The molecule has 0 saturated carbocycles. The van der Waals surface area contributed by atoms with E-state index >= 15 is 0 Å². The molecule has 42 heavy (non-hydrogen) atoms. The second-order valence-electron chi connectivity index (χ2n) is 12.3. The molecule has 0 saturated heterocycles. The third-order valence-electron chi connectivity index (χ3n) is 5.82. The fourth-order valence-electron chi connectivity index (χ4n) is 3.89. The van der Waals surface area contributed by atoms with E-state index in [1.807, 2.05) is 51.1 Å². The molecule has 1 aliphatic heterocycles. The normalized spacial score (nSPS) is 21.4. The first-order valence-corrected chi connectivity index (χ1v) is 15.0. The van der Waals surface area contributed by atoms with Crippen LogP contribution in [0.1, 0.15) is 72.8 Å². The van der Waals surface area contributed by atoms with Crippen molar-refractivity contribution in [1.82, 2.24) is 16.0 Å². The van der Waals surface area contributed by atoms with Crippen molar-refractivity contribution in [3.63, 3.8) is 0 Å². The van der Waals surface area contributed by atoms with Gasteiger partial charge in [-0.05, 0) is 43.4 Å². The standard InChI is InChI=1S/C31H43N3O7S/c1-30(2,3)18-25(35)23-19-40-26(36)15-11-8-12-16-42-20-24(34-29(39)41-31(4,5)6)28(38)32-22(27(37)33-23)17-21-13-9-7-10-14-21/h7,9-10,13-14,22-24H,8,11,15,17-20H2,1-6H3,(H,32,38)(H,33,37)(H,34,39)/t22-,23-,24-/m0/s1. The molecule has 10 nitrogen and oxygen atoms in total. The van der Waals surface area contributed by atoms with Crippen LogP contribution in [0.3, 0.4) is 0 Å². The zero-order chi connectivity index (χ0) is 31.3. The molecule has 1 aliphatic rings. The van der Waals surface area contributed by atoms with Crippen LogP contribution in [0, 0.1) is 16.6 Å². The Bertz CT molecular complexity index is 1160. The summed E-state index contributed by atoms with van der Waals surface area (Å²) in [6, 6.07) is 5.81. The molecule has 0 spiro atoms. The first-order chi connectivity index (χ1) is 19.6. The van der Waals surface area contributed by atoms with Gasteiger partial charge in [0, 0.05) is 31.4 Å². The second kappa shape index (κ2) is 16.2. The van der Waals surface area contributed by atoms with Crippen molar-refractivity contribution in [2.75, 3.05) is 12.4 Å². The lowest BCUT2D eigenvalue weighted by Crippen LogP contribution is -2.58. The number of ether oxygens (including phenoxy) is 2. The minimum atomic E-state index is -1.10. The molecule has 1 aromatic carbocycles. The molecule has 1 aromatic rings. The highest BCUT2D eigenvalue weighted by Crippen LogP contribution is 2.20. The zero-order valence-corrected chi connectivity index (χ0v) is 26.2. The maximum absolute atomic E-state index is 13.6. The summed E-state index contributed by atoms with van der Waals surface area (Å²) in [7, 11) is 0. The lowest BCUT2D eigenvalue weighted by Gasteiger charge is -2.27. The summed E-state index contributed by atoms with van der Waals surface area (Å²) in [5, 5.41) is 10.9. The van der Waals surface area contributed by atoms with Gasteiger partial charge in [-0.2, -0.15) is 0 Å². The SMILES string of the molecule is CC(C)(C)CC(=O)[C@@H]1COC(=O)CCCC#CSC[C@H](NC(=O)OC(C)(C)C)C(=O)N[C@@H](Cc2ccccc2)C(=O)N1. The number of esters is 1. The topological polar surface area (TPSA) is 140 Å². The van der Waals surface area contributed by atoms with Gasteiger partial charge in [0.15, 0.2) is 5.78 Å². The van der Waals surface area contributed by atoms with Crippen LogP contribution in [-0.4, -0.2) is 65.7 Å². The van der Waals surface area contributed by atoms with Crippen molar-refractivity contribution in [2.24, 2.45) is 5.41 Å². The number of benzene rings is 1. The lowest BCUT2D eigenvalue weighted by molar-refractivity contribution is -0.146. The number of carbonyl (C=O) groups excluding carboxylic acids is 5. The van der Waals surface area contributed by atoms with Crippen molar-refractivity contribution < 1.29 is 33.4 Å². The predicted molar refractivity (Wildman–Crippen MR) is 161 cm³/mol. The highest BCUT2D eigenvalue weighted by molar-refractivity contribution is 8.03. The van der Waals surface area contributed by atoms with E-state index in [9.17, 15) is 24.0 Å². The van der Waals surface area contributed by atoms with Crippen molar-refractivity contribution in [1.29, 1.82) is 0 Å². The average Bonchev–Trinajstić information content (AvgIpc) is 2.87. The fourth-order valence-corrected chi connectivity index (χ4v) is 4.58. The molecule has 3 amide bonds. The number of ketones is 1. The number of Topliss-reactive ketones (excluding diaryl/α,β-unsaturated/α-hetero) is 1. The Hall–Kier alpha value is -3.52. The molecule has 0 aromatic heterocycles. The second-order valence-corrected chi connectivity index (χ2v) is 13.2. The summed E-state index contributed by atoms with van der Waals surface area (Å²) in [6.45, 7) is 10.5. The molecule has 3 atom stereocenters. The van der Waals surface area contributed by atoms with E-state index in [0.29, 0.717) is 12.8 Å². The number of carbonyl (C=O) groups is 5. The first-order valence-electron chi connectivity index (χ1n) is 14.0. The van der Waals surface area contributed by atoms with Gasteiger partial charge in [0.05, 0.1) is 0 Å². The number of thioether (sulfide) groups is 1. The van der Waals surface area contributed by atoms with Gasteiger partial charge >= 0.3 is 12.1 Å². The van der Waals surface area contributed by atoms with E-state index in [0.717, 1.165) is 17.3 Å². The Morgan fingerprint density at radius 1 is 1.05 bits per heavy atom. The molecule has 0 bridgehead atoms. The number of cyclic esters (lactones) is 1. The van der Waals surface area contributed by atoms with Crippen LogP contribution >= 0.6 is 11.8 Å². The summed E-state index contributed by atoms with van der Waals surface area (Å²) in [5.41, 5.74) is -0.382. The largest absolute Gasteiger partial charge is 0.463 e. The highest BCUT2D eigenvalue weighted by Gasteiger charge is 2.32. The molecule has 3 N–H and O–H groups in total. The summed E-state index contributed by atoms with van der Waals surface area (Å²) < 4.78 is 10.7. The average molecular weight is 602 g/mol. The molecule has 2 rings (SSSR count). The Morgan fingerprint density at radius 3 is 2.38 bits per heavy atom. The first kappa shape index (κ1) is 34.7. The van der Waals surface area contributed by atoms with E-state index < -0.39 is 47.6 Å². The lowest BCUT2D eigenvalue weighted by atomic mass is 9.88. The molecule has 1 heterocycles. The minimum Gasteiger partial charge on any atom is -0.463 e. The Balaban J connectivity index is 2.40. The molecular weight excluding hydrogens is 558 g/mol. The van der Waals surface area contributed by atoms with Gasteiger partial charge in [0.1, 0.15) is 30.3 Å². The molecule has 0 fully saturated rings. The summed E-state index contributed by atoms with van der Waals surface area (Å²) in [5.74, 6) is 1.01. The molecule has 11 heteroatoms. The molecule has 0 unspecified atom stereocenters. The van der Waals surface area contributed by atoms with Crippen LogP contribution in [0.2, 0.25) is 0 Å². The van der Waals surface area contributed by atoms with Crippen LogP contribution in [-0.2, 0) is 35.1 Å². The smallest absolute Gasteiger partial charge is 0.408 e. The summed E-state index contributed by atoms with van der Waals surface area (Å²) in [4.78, 5) is 65.2. The van der Waals surface area contributed by atoms with E-state index in [4.69, 9.17) is 9.47 Å². The fraction of sp³-hybridized carbons (Fsp3) is 0.581. The monoisotopic (exact) mass is 601 g/mol. The number of hydrogen-bond donors (Lipinski definition) is 3. The number of hydrogen-bond acceptors (Lipinski definition) is 8. The van der Waals surface area contributed by atoms with Crippen LogP contribution in [0.15, 0.2) is 30.3 Å². The maximum atomic E-state index is 13.6. The van der Waals surface area contributed by atoms with Crippen molar-refractivity contribution in [2.45, 2.75) is 97.4 Å². The quantitative estimate of drug-likeness (QED) is 0.344. The van der Waals surface area contributed by atoms with Gasteiger partial charge in [0.2, 0.25) is 11.8 Å². The third kappa shape index (κ3) is 13.9. The van der Waals surface area contributed by atoms with Crippen LogP contribution in [0.5, 0.6) is 0 Å². The number of rotatable bonds is 5. The van der Waals surface area contributed by atoms with Crippen LogP contribution in [0.25, 0.3) is 0 Å². The van der Waals surface area contributed by atoms with Gasteiger partial charge in [-0.1, -0.05) is 68.8 Å². The molecular formula is C31H43N3O7S. The van der Waals surface area contributed by atoms with Crippen molar-refractivity contribution in [3.05, 3.63) is 35.9 Å². The van der Waals surface area contributed by atoms with Gasteiger partial charge in [-0.25, -0.2) is 4.79 Å². The van der Waals surface area contributed by atoms with Crippen molar-refractivity contribution in [3.8, 4) is 11.2 Å². The number of alkyl carbamates (subject to hydrolysis) is 1. The van der Waals surface area contributed by atoms with E-state index in [1.165, 1.54) is 0 Å². The maximum Gasteiger partial charge on any atom is 0.408 e. The number of nitrogens with one attached hydrogen (secondary N) is 3. The minimum absolute atomic E-state index is 0.0898. The molecule has 230 valence electrons. The Morgan fingerprint density at radius 2 is 1.74 bits per heavy atom. The Kier molecular flexibility index (Phi) is 13.4. The molecule has 0 radical (unpaired) electrons. The highest BCUT2D eigenvalue weighted by atomic mass is 32.2. The van der Waals surface area contributed by atoms with Crippen LogP contribution in [0.4, 0.5) is 4.79 Å². The van der Waals surface area contributed by atoms with Crippen LogP contribution < -0.4 is 16.0 Å². The van der Waals surface area contributed by atoms with E-state index in [-0.39, 0.29) is 42.8 Å². The third-order valence-corrected chi connectivity index (χ3v) is 6.61. The number of amides is 3. The van der Waals surface area contributed by atoms with Gasteiger partial charge in [-0.3, -0.25) is 19.2 Å². The van der Waals surface area contributed by atoms with E-state index in [2.05, 4.69) is 27.1 Å². The van der Waals surface area contributed by atoms with Gasteiger partial charge in [-0.15, -0.1) is 0 Å². The molecule has 0 aliphatic carbocycles.